The van der Waals surface area contributed by atoms with Crippen LogP contribution in [0.25, 0.3) is 11.2 Å². The molecule has 0 saturated carbocycles. The highest BCUT2D eigenvalue weighted by Crippen LogP contribution is 2.26. The summed E-state index contributed by atoms with van der Waals surface area (Å²) in [4.78, 5) is 12.5. The number of rotatable bonds is 5. The lowest BCUT2D eigenvalue weighted by Gasteiger charge is -2.13. The molecule has 0 aliphatic heterocycles. The molecule has 8 heteroatoms. The molecule has 0 fully saturated rings. The molecule has 1 atom stereocenters. The first-order valence-corrected chi connectivity index (χ1v) is 7.94. The van der Waals surface area contributed by atoms with Gasteiger partial charge in [0.1, 0.15) is 5.75 Å². The van der Waals surface area contributed by atoms with Gasteiger partial charge in [-0.25, -0.2) is 0 Å². The number of ether oxygens (including phenoxy) is 2. The molecule has 0 amide bonds. The van der Waals surface area contributed by atoms with E-state index in [1.165, 1.54) is 26.2 Å². The van der Waals surface area contributed by atoms with E-state index in [1.807, 2.05) is 0 Å². The summed E-state index contributed by atoms with van der Waals surface area (Å²) in [6.45, 7) is 3.14. The van der Waals surface area contributed by atoms with E-state index in [9.17, 15) is 4.55 Å². The smallest absolute Gasteiger partial charge is 0.323 e. The molecule has 3 heterocycles. The van der Waals surface area contributed by atoms with Crippen LogP contribution in [0.4, 0.5) is 0 Å². The third kappa shape index (κ3) is 3.02. The molecule has 0 aromatic carbocycles. The van der Waals surface area contributed by atoms with E-state index < -0.39 is 29.1 Å². The third-order valence-electron chi connectivity index (χ3n) is 3.28. The van der Waals surface area contributed by atoms with Gasteiger partial charge in [-0.2, -0.15) is 9.97 Å². The van der Waals surface area contributed by atoms with Crippen molar-refractivity contribution in [3.63, 3.8) is 0 Å². The van der Waals surface area contributed by atoms with E-state index in [0.29, 0.717) is 10.5 Å². The first-order valence-electron chi connectivity index (χ1n) is 10.2. The summed E-state index contributed by atoms with van der Waals surface area (Å²) in [7, 11) is -1.37. The largest absolute Gasteiger partial charge is 0.609 e. The second-order valence-corrected chi connectivity index (χ2v) is 5.93. The minimum atomic E-state index is -2.74. The summed E-state index contributed by atoms with van der Waals surface area (Å²) in [6.07, 6.45) is -0.231. The van der Waals surface area contributed by atoms with Crippen molar-refractivity contribution in [1.82, 2.24) is 19.9 Å². The molecule has 0 spiro atoms. The molecule has 1 unspecified atom stereocenters. The number of nitrogens with zero attached hydrogens (tertiary/aromatic N) is 3. The van der Waals surface area contributed by atoms with Gasteiger partial charge in [0.15, 0.2) is 12.8 Å². The molecule has 0 radical (unpaired) electrons. The number of pyridine rings is 2. The highest BCUT2D eigenvalue weighted by atomic mass is 32.2. The summed E-state index contributed by atoms with van der Waals surface area (Å²) >= 11 is -2.55. The zero-order valence-corrected chi connectivity index (χ0v) is 13.9. The Bertz CT molecular complexity index is 1150. The van der Waals surface area contributed by atoms with Crippen molar-refractivity contribution in [1.29, 1.82) is 0 Å². The third-order valence-corrected chi connectivity index (χ3v) is 4.18. The average molecular weight is 353 g/mol. The van der Waals surface area contributed by atoms with Crippen LogP contribution >= 0.6 is 0 Å². The summed E-state index contributed by atoms with van der Waals surface area (Å²) in [5.74, 6) is -0.0195. The maximum atomic E-state index is 13.2. The minimum Gasteiger partial charge on any atom is -0.609 e. The Kier molecular flexibility index (Phi) is 2.73. The summed E-state index contributed by atoms with van der Waals surface area (Å²) in [5, 5.41) is -0.467. The molecular weight excluding hydrogens is 328 g/mol. The van der Waals surface area contributed by atoms with E-state index in [-0.39, 0.29) is 40.2 Å². The number of aromatic nitrogens is 4. The van der Waals surface area contributed by atoms with Crippen LogP contribution in [0.15, 0.2) is 23.5 Å². The monoisotopic (exact) mass is 353 g/mol. The molecule has 1 N–H and O–H groups in total. The van der Waals surface area contributed by atoms with Crippen LogP contribution in [0.2, 0.25) is 1.41 Å². The minimum absolute atomic E-state index is 0.0735. The molecule has 0 aliphatic carbocycles. The average Bonchev–Trinajstić information content (AvgIpc) is 2.99. The molecule has 0 aliphatic rings. The van der Waals surface area contributed by atoms with Gasteiger partial charge in [0.25, 0.3) is 0 Å². The number of fused-ring (bicyclic) bond motifs is 1. The Morgan fingerprint density at radius 2 is 2.25 bits per heavy atom. The highest BCUT2D eigenvalue weighted by molar-refractivity contribution is 7.90. The van der Waals surface area contributed by atoms with Gasteiger partial charge in [-0.15, -0.1) is 0 Å². The van der Waals surface area contributed by atoms with Gasteiger partial charge < -0.3 is 14.0 Å². The first kappa shape index (κ1) is 9.85. The SMILES string of the molecule is [2H]c1nc(C([2H])([2H])[S+]([O-])c2nc3nc(OC([2H])([2H])[2H])ccc3n2[2H])c(C)c(OC)c1C. The van der Waals surface area contributed by atoms with Gasteiger partial charge in [0, 0.05) is 34.5 Å². The number of hydrogen-bond acceptors (Lipinski definition) is 6. The van der Waals surface area contributed by atoms with E-state index >= 15 is 0 Å². The van der Waals surface area contributed by atoms with E-state index in [4.69, 9.17) is 19.1 Å². The van der Waals surface area contributed by atoms with Crippen molar-refractivity contribution in [3.05, 3.63) is 35.1 Å². The second-order valence-electron chi connectivity index (χ2n) is 4.83. The lowest BCUT2D eigenvalue weighted by atomic mass is 10.1. The molecule has 0 bridgehead atoms. The number of nitrogens with one attached hydrogen (secondary N) is 1. The summed E-state index contributed by atoms with van der Waals surface area (Å²) < 4.78 is 77.5. The Balaban J connectivity index is 2.08. The van der Waals surface area contributed by atoms with Crippen LogP contribution < -0.4 is 9.47 Å². The first-order chi connectivity index (χ1) is 14.3. The van der Waals surface area contributed by atoms with Gasteiger partial charge in [-0.1, -0.05) is 0 Å². The van der Waals surface area contributed by atoms with Crippen LogP contribution in [0.3, 0.4) is 0 Å². The fourth-order valence-corrected chi connectivity index (χ4v) is 2.97. The van der Waals surface area contributed by atoms with E-state index in [1.54, 1.807) is 6.92 Å². The molecule has 3 aromatic heterocycles. The van der Waals surface area contributed by atoms with Gasteiger partial charge in [0.2, 0.25) is 5.88 Å². The van der Waals surface area contributed by atoms with Crippen molar-refractivity contribution in [2.75, 3.05) is 14.1 Å². The van der Waals surface area contributed by atoms with Crippen LogP contribution in [0, 0.1) is 13.8 Å². The topological polar surface area (TPSA) is 96.0 Å². The van der Waals surface area contributed by atoms with Crippen molar-refractivity contribution in [2.45, 2.75) is 24.7 Å². The van der Waals surface area contributed by atoms with Crippen molar-refractivity contribution in [3.8, 4) is 11.6 Å². The van der Waals surface area contributed by atoms with E-state index in [0.717, 1.165) is 0 Å². The lowest BCUT2D eigenvalue weighted by molar-refractivity contribution is 0.399. The molecule has 3 aromatic rings. The fourth-order valence-electron chi connectivity index (χ4n) is 2.15. The zero-order valence-electron chi connectivity index (χ0n) is 20.1. The molecule has 24 heavy (non-hydrogen) atoms. The molecule has 3 rings (SSSR count). The normalized spacial score (nSPS) is 17.8. The number of methoxy groups -OCH3 is 2. The molecule has 126 valence electrons. The Hall–Kier alpha value is -2.32. The molecular formula is C16H18N4O3S. The molecule has 7 nitrogen and oxygen atoms in total. The maximum Gasteiger partial charge on any atom is 0.323 e. The Morgan fingerprint density at radius 3 is 3.00 bits per heavy atom. The van der Waals surface area contributed by atoms with Crippen LogP contribution in [0.1, 0.15) is 25.0 Å². The quantitative estimate of drug-likeness (QED) is 0.707. The van der Waals surface area contributed by atoms with Gasteiger partial charge >= 0.3 is 5.16 Å². The second kappa shape index (κ2) is 6.66. The van der Waals surface area contributed by atoms with Crippen LogP contribution in [0.5, 0.6) is 11.6 Å². The standard InChI is InChI=1S/C16H18N4O3S/c1-9-7-17-12(10(2)14(9)23-4)8-24(21)16-18-11-5-6-13(22-3)19-15(11)20-16/h5-7H,8H2,1-4H3,(H,18,19,20)/i3D3,7D,8D2/hD. The Morgan fingerprint density at radius 1 is 1.42 bits per heavy atom. The van der Waals surface area contributed by atoms with Gasteiger partial charge in [-0.05, 0) is 19.9 Å². The van der Waals surface area contributed by atoms with Crippen LogP contribution in [-0.2, 0) is 16.9 Å². The Labute approximate surface area is 152 Å². The predicted octanol–water partition coefficient (Wildman–Crippen LogP) is 2.29. The van der Waals surface area contributed by atoms with Crippen LogP contribution in [-0.4, -0.2) is 38.6 Å². The number of H-pyrrole nitrogens is 1. The lowest BCUT2D eigenvalue weighted by Crippen LogP contribution is -2.10. The summed E-state index contributed by atoms with van der Waals surface area (Å²) in [6, 6.07) is 2.52. The zero-order chi connectivity index (χ0) is 23.3. The predicted molar refractivity (Wildman–Crippen MR) is 90.8 cm³/mol. The van der Waals surface area contributed by atoms with E-state index in [2.05, 4.69) is 15.0 Å². The number of aromatic amines is 1. The van der Waals surface area contributed by atoms with Gasteiger partial charge in [-0.3, -0.25) is 9.96 Å². The number of hydrogen-bond donors (Lipinski definition) is 1. The fraction of sp³-hybridized carbons (Fsp3) is 0.312. The van der Waals surface area contributed by atoms with Crippen molar-refractivity contribution < 1.29 is 23.7 Å². The highest BCUT2D eigenvalue weighted by Gasteiger charge is 2.21. The maximum absolute atomic E-state index is 13.2. The number of imidazole rings is 1. The molecule has 0 saturated heterocycles. The van der Waals surface area contributed by atoms with Crippen molar-refractivity contribution >= 4 is 22.3 Å². The van der Waals surface area contributed by atoms with Crippen molar-refractivity contribution in [2.24, 2.45) is 0 Å². The van der Waals surface area contributed by atoms with Gasteiger partial charge in [0.05, 0.1) is 33.6 Å². The summed E-state index contributed by atoms with van der Waals surface area (Å²) in [5.41, 5.74) is -2.28.